The van der Waals surface area contributed by atoms with Gasteiger partial charge in [0.15, 0.2) is 6.29 Å². The predicted octanol–water partition coefficient (Wildman–Crippen LogP) is 13.4. The van der Waals surface area contributed by atoms with E-state index >= 15 is 0 Å². The van der Waals surface area contributed by atoms with Gasteiger partial charge in [0.2, 0.25) is 0 Å². The van der Waals surface area contributed by atoms with E-state index < -0.39 is 0 Å². The molecule has 2 aromatic heterocycles. The van der Waals surface area contributed by atoms with Crippen molar-refractivity contribution < 1.29 is 0 Å². The molecule has 11 rings (SSSR count). The molecule has 1 aliphatic carbocycles. The number of likely N-dealkylation sites (N-methyl/N-ethyl adjacent to an activating group) is 1. The van der Waals surface area contributed by atoms with Crippen molar-refractivity contribution in [2.24, 2.45) is 10.9 Å². The summed E-state index contributed by atoms with van der Waals surface area (Å²) in [6.45, 7) is 5.40. The first-order chi connectivity index (χ1) is 29.4. The number of aromatic nitrogens is 2. The van der Waals surface area contributed by atoms with Crippen LogP contribution in [0.4, 0.5) is 11.4 Å². The minimum Gasteiger partial charge on any atom is -0.310 e. The summed E-state index contributed by atoms with van der Waals surface area (Å²) in [5, 5.41) is 4.90. The van der Waals surface area contributed by atoms with Crippen molar-refractivity contribution in [2.75, 3.05) is 18.5 Å². The average Bonchev–Trinajstić information content (AvgIpc) is 3.81. The van der Waals surface area contributed by atoms with E-state index in [1.807, 2.05) is 0 Å². The van der Waals surface area contributed by atoms with Gasteiger partial charge >= 0.3 is 0 Å². The van der Waals surface area contributed by atoms with Crippen molar-refractivity contribution in [3.63, 3.8) is 0 Å². The molecule has 5 heteroatoms. The van der Waals surface area contributed by atoms with Crippen LogP contribution in [-0.4, -0.2) is 40.1 Å². The largest absolute Gasteiger partial charge is 0.310 e. The third-order valence-electron chi connectivity index (χ3n) is 12.8. The Morgan fingerprint density at radius 2 is 1.17 bits per heavy atom. The fourth-order valence-corrected chi connectivity index (χ4v) is 9.76. The number of nitrogens with zero attached hydrogens (tertiary/aromatic N) is 5. The summed E-state index contributed by atoms with van der Waals surface area (Å²) in [5.41, 5.74) is 12.8. The van der Waals surface area contributed by atoms with Crippen LogP contribution in [0.1, 0.15) is 25.8 Å². The molecule has 7 aromatic carbocycles. The Labute approximate surface area is 351 Å². The third kappa shape index (κ3) is 6.00. The molecule has 0 radical (unpaired) electrons. The lowest BCUT2D eigenvalue weighted by molar-refractivity contribution is 0.211. The Balaban J connectivity index is 1.10. The van der Waals surface area contributed by atoms with Crippen LogP contribution in [-0.2, 0) is 5.41 Å². The molecule has 2 aliphatic rings. The van der Waals surface area contributed by atoms with Gasteiger partial charge in [0.05, 0.1) is 22.1 Å². The molecule has 0 saturated carbocycles. The number of anilines is 2. The standard InChI is InChI=1S/C55H47N5/c1-38-25-27-42(28-26-38)59-50-23-12-10-21-46(50)48-34-44(29-31-52(48)59)58(54-56-36-55(2,37-57(54)3)41-18-8-5-9-19-41)45-30-32-53-49(35-45)47-22-11-13-24-51(47)60(53)43-20-14-17-40(33-43)39-15-6-4-7-16-39/h4-25,27-36,38,54H,26,37H2,1-3H3. The van der Waals surface area contributed by atoms with E-state index in [0.717, 1.165) is 30.0 Å². The van der Waals surface area contributed by atoms with Crippen molar-refractivity contribution in [1.82, 2.24) is 14.0 Å². The van der Waals surface area contributed by atoms with Crippen LogP contribution < -0.4 is 4.90 Å². The molecule has 3 unspecified atom stereocenters. The van der Waals surface area contributed by atoms with Gasteiger partial charge in [0.1, 0.15) is 0 Å². The Bertz CT molecular complexity index is 3170. The first-order valence-corrected chi connectivity index (χ1v) is 21.1. The molecule has 0 spiro atoms. The molecule has 292 valence electrons. The van der Waals surface area contributed by atoms with E-state index in [1.54, 1.807) is 0 Å². The van der Waals surface area contributed by atoms with Gasteiger partial charge in [-0.15, -0.1) is 0 Å². The second-order valence-electron chi connectivity index (χ2n) is 16.9. The van der Waals surface area contributed by atoms with Crippen molar-refractivity contribution in [3.05, 3.63) is 194 Å². The lowest BCUT2D eigenvalue weighted by Gasteiger charge is -2.44. The molecule has 3 atom stereocenters. The van der Waals surface area contributed by atoms with Gasteiger partial charge in [-0.3, -0.25) is 9.89 Å². The highest BCUT2D eigenvalue weighted by Crippen LogP contribution is 2.42. The predicted molar refractivity (Wildman–Crippen MR) is 254 cm³/mol. The smallest absolute Gasteiger partial charge is 0.182 e. The molecular weight excluding hydrogens is 731 g/mol. The summed E-state index contributed by atoms with van der Waals surface area (Å²) in [7, 11) is 2.22. The molecule has 1 aliphatic heterocycles. The van der Waals surface area contributed by atoms with Gasteiger partial charge in [-0.2, -0.15) is 0 Å². The summed E-state index contributed by atoms with van der Waals surface area (Å²) in [5.74, 6) is 0.546. The van der Waals surface area contributed by atoms with E-state index in [9.17, 15) is 0 Å². The molecule has 0 saturated heterocycles. The summed E-state index contributed by atoms with van der Waals surface area (Å²) >= 11 is 0. The summed E-state index contributed by atoms with van der Waals surface area (Å²) in [6, 6.07) is 61.9. The maximum Gasteiger partial charge on any atom is 0.182 e. The molecule has 60 heavy (non-hydrogen) atoms. The fourth-order valence-electron chi connectivity index (χ4n) is 9.76. The summed E-state index contributed by atoms with van der Waals surface area (Å²) < 4.78 is 4.85. The Hall–Kier alpha value is -6.95. The van der Waals surface area contributed by atoms with Crippen LogP contribution in [0.25, 0.3) is 66.1 Å². The van der Waals surface area contributed by atoms with Crippen LogP contribution in [0.3, 0.4) is 0 Å². The number of para-hydroxylation sites is 2. The maximum absolute atomic E-state index is 5.45. The fraction of sp³-hybridized carbons (Fsp3) is 0.145. The van der Waals surface area contributed by atoms with Crippen LogP contribution in [0.5, 0.6) is 0 Å². The molecule has 0 amide bonds. The number of hydrogen-bond acceptors (Lipinski definition) is 3. The molecule has 0 N–H and O–H groups in total. The van der Waals surface area contributed by atoms with Crippen LogP contribution in [0.15, 0.2) is 193 Å². The minimum absolute atomic E-state index is 0.222. The molecule has 5 nitrogen and oxygen atoms in total. The minimum atomic E-state index is -0.272. The van der Waals surface area contributed by atoms with E-state index in [4.69, 9.17) is 4.99 Å². The Morgan fingerprint density at radius 1 is 0.583 bits per heavy atom. The number of rotatable bonds is 7. The van der Waals surface area contributed by atoms with Crippen molar-refractivity contribution in [1.29, 1.82) is 0 Å². The SMILES string of the molecule is CC1C=CC(n2c3ccccc3c3cc(N(c4ccc5c(c4)c4ccccc4n5-c4cccc(-c5ccccc5)c4)C4N=CC(C)(c5ccccc5)CN4C)ccc32)=CC1. The molecule has 9 aromatic rings. The zero-order valence-corrected chi connectivity index (χ0v) is 34.3. The Kier molecular flexibility index (Phi) is 8.68. The number of aliphatic imine (C=N–C) groups is 1. The zero-order chi connectivity index (χ0) is 40.4. The first kappa shape index (κ1) is 36.2. The monoisotopic (exact) mass is 777 g/mol. The van der Waals surface area contributed by atoms with Crippen molar-refractivity contribution in [2.45, 2.75) is 32.0 Å². The van der Waals surface area contributed by atoms with Crippen molar-refractivity contribution in [3.8, 4) is 16.8 Å². The number of fused-ring (bicyclic) bond motifs is 6. The number of hydrogen-bond donors (Lipinski definition) is 0. The van der Waals surface area contributed by atoms with Crippen LogP contribution in [0.2, 0.25) is 0 Å². The molecule has 0 bridgehead atoms. The van der Waals surface area contributed by atoms with E-state index in [2.05, 4.69) is 234 Å². The van der Waals surface area contributed by atoms with Gasteiger partial charge in [-0.05, 0) is 110 Å². The van der Waals surface area contributed by atoms with Gasteiger partial charge in [0, 0.05) is 62.5 Å². The van der Waals surface area contributed by atoms with E-state index in [0.29, 0.717) is 5.92 Å². The van der Waals surface area contributed by atoms with Gasteiger partial charge in [-0.1, -0.05) is 128 Å². The molecule has 0 fully saturated rings. The van der Waals surface area contributed by atoms with Gasteiger partial charge in [-0.25, -0.2) is 0 Å². The van der Waals surface area contributed by atoms with Gasteiger partial charge in [0.25, 0.3) is 0 Å². The van der Waals surface area contributed by atoms with Gasteiger partial charge < -0.3 is 14.0 Å². The highest BCUT2D eigenvalue weighted by molar-refractivity contribution is 6.13. The topological polar surface area (TPSA) is 28.7 Å². The Morgan fingerprint density at radius 3 is 1.82 bits per heavy atom. The summed E-state index contributed by atoms with van der Waals surface area (Å²) in [4.78, 5) is 10.3. The second-order valence-corrected chi connectivity index (χ2v) is 16.9. The second kappa shape index (κ2) is 14.4. The lowest BCUT2D eigenvalue weighted by atomic mass is 9.82. The maximum atomic E-state index is 5.45. The number of allylic oxidation sites excluding steroid dienone is 4. The van der Waals surface area contributed by atoms with Crippen molar-refractivity contribution >= 4 is 66.9 Å². The highest BCUT2D eigenvalue weighted by atomic mass is 15.4. The van der Waals surface area contributed by atoms with E-state index in [1.165, 1.54) is 66.0 Å². The third-order valence-corrected chi connectivity index (χ3v) is 12.8. The van der Waals surface area contributed by atoms with E-state index in [-0.39, 0.29) is 11.7 Å². The molecule has 3 heterocycles. The van der Waals surface area contributed by atoms with Crippen LogP contribution >= 0.6 is 0 Å². The average molecular weight is 778 g/mol. The normalized spacial score (nSPS) is 19.4. The molecular formula is C55H47N5. The summed E-state index contributed by atoms with van der Waals surface area (Å²) in [6.07, 6.45) is 9.97. The van der Waals surface area contributed by atoms with Crippen LogP contribution in [0, 0.1) is 5.92 Å². The lowest BCUT2D eigenvalue weighted by Crippen LogP contribution is -2.52. The highest BCUT2D eigenvalue weighted by Gasteiger charge is 2.36. The quantitative estimate of drug-likeness (QED) is 0.161. The zero-order valence-electron chi connectivity index (χ0n) is 34.3. The first-order valence-electron chi connectivity index (χ1n) is 21.1. The number of benzene rings is 7.